The highest BCUT2D eigenvalue weighted by Gasteiger charge is 2.08. The van der Waals surface area contributed by atoms with E-state index < -0.39 is 0 Å². The molecule has 28 heavy (non-hydrogen) atoms. The van der Waals surface area contributed by atoms with Crippen LogP contribution in [0.1, 0.15) is 11.3 Å². The summed E-state index contributed by atoms with van der Waals surface area (Å²) >= 11 is 1.62. The van der Waals surface area contributed by atoms with Crippen molar-refractivity contribution in [2.75, 3.05) is 12.4 Å². The van der Waals surface area contributed by atoms with Crippen LogP contribution in [0.3, 0.4) is 0 Å². The van der Waals surface area contributed by atoms with Crippen LogP contribution in [0.15, 0.2) is 64.3 Å². The van der Waals surface area contributed by atoms with E-state index in [1.165, 1.54) is 11.6 Å². The number of rotatable bonds is 6. The van der Waals surface area contributed by atoms with Crippen molar-refractivity contribution in [2.45, 2.75) is 17.6 Å². The van der Waals surface area contributed by atoms with Gasteiger partial charge in [0.15, 0.2) is 0 Å². The van der Waals surface area contributed by atoms with Crippen molar-refractivity contribution < 1.29 is 9.73 Å². The number of nitrogens with zero attached hydrogens (tertiary/aromatic N) is 1. The van der Waals surface area contributed by atoms with E-state index in [0.29, 0.717) is 11.4 Å². The van der Waals surface area contributed by atoms with Crippen molar-refractivity contribution in [3.8, 4) is 5.75 Å². The number of anilines is 1. The Hall–Kier alpha value is -3.26. The first-order valence-corrected chi connectivity index (χ1v) is 9.60. The number of thioether (sulfide) groups is 1. The van der Waals surface area contributed by atoms with Gasteiger partial charge < -0.3 is 10.5 Å². The Morgan fingerprint density at radius 1 is 1.21 bits per heavy atom. The predicted octanol–water partition coefficient (Wildman–Crippen LogP) is 1.52. The van der Waals surface area contributed by atoms with E-state index in [1.807, 2.05) is 31.2 Å². The largest absolute Gasteiger partial charge is 0.497 e. The van der Waals surface area contributed by atoms with Crippen molar-refractivity contribution in [3.05, 3.63) is 76.2 Å². The third-order valence-electron chi connectivity index (χ3n) is 3.82. The molecule has 0 bridgehead atoms. The van der Waals surface area contributed by atoms with E-state index in [0.717, 1.165) is 16.3 Å². The minimum absolute atomic E-state index is 0.241. The third-order valence-corrected chi connectivity index (χ3v) is 4.87. The minimum Gasteiger partial charge on any atom is -0.497 e. The summed E-state index contributed by atoms with van der Waals surface area (Å²) in [4.78, 5) is 23.0. The van der Waals surface area contributed by atoms with E-state index >= 15 is 0 Å². The standard InChI is InChI=1S/C20H21N5O2S/c1-13-3-9-17(10-4-13)28-12-15-11-18(26)24-20(23-15)25-19(21)22-14-5-7-16(27-2)8-6-14/h3-11H,12H2,1-2H3,(H4,21,22,23,24,25,26)/p+1. The van der Waals surface area contributed by atoms with Crippen LogP contribution < -0.4 is 26.3 Å². The Labute approximate surface area is 167 Å². The van der Waals surface area contributed by atoms with Gasteiger partial charge in [-0.3, -0.25) is 10.1 Å². The average molecular weight is 396 g/mol. The SMILES string of the molecule is COc1ccc(NC(N)=[NH+]c2nc(CSc3ccc(C)cc3)cc(=O)[nH]2)cc1. The molecule has 0 aliphatic rings. The number of aromatic amines is 1. The van der Waals surface area contributed by atoms with Gasteiger partial charge in [-0.05, 0) is 43.3 Å². The van der Waals surface area contributed by atoms with Gasteiger partial charge in [-0.25, -0.2) is 9.98 Å². The molecule has 0 radical (unpaired) electrons. The molecule has 3 aromatic rings. The zero-order chi connectivity index (χ0) is 19.9. The molecule has 5 N–H and O–H groups in total. The molecule has 2 aromatic carbocycles. The lowest BCUT2D eigenvalue weighted by Gasteiger charge is -2.04. The van der Waals surface area contributed by atoms with Gasteiger partial charge in [-0.2, -0.15) is 0 Å². The normalized spacial score (nSPS) is 11.3. The quantitative estimate of drug-likeness (QED) is 0.286. The minimum atomic E-state index is -0.241. The molecule has 0 saturated carbocycles. The van der Waals surface area contributed by atoms with E-state index in [4.69, 9.17) is 10.5 Å². The average Bonchev–Trinajstić information content (AvgIpc) is 2.67. The number of methoxy groups -OCH3 is 1. The Morgan fingerprint density at radius 3 is 2.61 bits per heavy atom. The van der Waals surface area contributed by atoms with E-state index in [9.17, 15) is 4.79 Å². The van der Waals surface area contributed by atoms with Crippen LogP contribution >= 0.6 is 11.8 Å². The van der Waals surface area contributed by atoms with Crippen LogP contribution in [0.4, 0.5) is 11.6 Å². The third kappa shape index (κ3) is 5.62. The molecule has 0 fully saturated rings. The van der Waals surface area contributed by atoms with Gasteiger partial charge in [-0.1, -0.05) is 17.7 Å². The summed E-state index contributed by atoms with van der Waals surface area (Å²) in [6.07, 6.45) is 0. The topological polar surface area (TPSA) is 107 Å². The van der Waals surface area contributed by atoms with Gasteiger partial charge in [0.2, 0.25) is 0 Å². The molecule has 8 heteroatoms. The molecule has 0 atom stereocenters. The molecule has 1 heterocycles. The van der Waals surface area contributed by atoms with Crippen molar-refractivity contribution in [2.24, 2.45) is 5.73 Å². The van der Waals surface area contributed by atoms with Crippen LogP contribution in [0, 0.1) is 6.92 Å². The zero-order valence-electron chi connectivity index (χ0n) is 15.7. The number of nitrogens with one attached hydrogen (secondary N) is 3. The number of aryl methyl sites for hydroxylation is 1. The summed E-state index contributed by atoms with van der Waals surface area (Å²) < 4.78 is 5.12. The summed E-state index contributed by atoms with van der Waals surface area (Å²) in [6.45, 7) is 2.05. The number of H-pyrrole nitrogens is 1. The van der Waals surface area contributed by atoms with Crippen LogP contribution in [0.2, 0.25) is 0 Å². The summed E-state index contributed by atoms with van der Waals surface area (Å²) in [5, 5.41) is 3.00. The van der Waals surface area contributed by atoms with Gasteiger partial charge in [0.25, 0.3) is 11.5 Å². The second-order valence-electron chi connectivity index (χ2n) is 6.08. The second kappa shape index (κ2) is 9.09. The maximum Gasteiger partial charge on any atom is 0.325 e. The number of aromatic nitrogens is 2. The van der Waals surface area contributed by atoms with Gasteiger partial charge in [0.05, 0.1) is 18.6 Å². The van der Waals surface area contributed by atoms with Crippen molar-refractivity contribution >= 4 is 29.4 Å². The van der Waals surface area contributed by atoms with Crippen LogP contribution in [-0.4, -0.2) is 23.0 Å². The fraction of sp³-hybridized carbons (Fsp3) is 0.150. The number of benzene rings is 2. The van der Waals surface area contributed by atoms with Crippen LogP contribution in [0.5, 0.6) is 5.75 Å². The van der Waals surface area contributed by atoms with E-state index in [2.05, 4.69) is 44.5 Å². The number of guanidine groups is 1. The fourth-order valence-corrected chi connectivity index (χ4v) is 3.21. The van der Waals surface area contributed by atoms with Crippen LogP contribution in [0.25, 0.3) is 0 Å². The van der Waals surface area contributed by atoms with Gasteiger partial charge in [0, 0.05) is 11.0 Å². The fourth-order valence-electron chi connectivity index (χ4n) is 2.42. The van der Waals surface area contributed by atoms with Gasteiger partial charge in [-0.15, -0.1) is 16.7 Å². The second-order valence-corrected chi connectivity index (χ2v) is 7.13. The number of hydrogen-bond acceptors (Lipinski definition) is 4. The number of hydrogen-bond donors (Lipinski definition) is 4. The van der Waals surface area contributed by atoms with E-state index in [1.54, 1.807) is 18.9 Å². The molecule has 144 valence electrons. The lowest BCUT2D eigenvalue weighted by Crippen LogP contribution is -2.73. The molecular weight excluding hydrogens is 374 g/mol. The Bertz CT molecular complexity index is 1010. The highest BCUT2D eigenvalue weighted by atomic mass is 32.2. The number of ether oxygens (including phenoxy) is 1. The maximum absolute atomic E-state index is 11.9. The molecule has 0 aliphatic carbocycles. The predicted molar refractivity (Wildman–Crippen MR) is 112 cm³/mol. The molecular formula is C20H22N5O2S+. The molecule has 0 spiro atoms. The molecule has 0 unspecified atom stereocenters. The Morgan fingerprint density at radius 2 is 1.93 bits per heavy atom. The van der Waals surface area contributed by atoms with E-state index in [-0.39, 0.29) is 17.5 Å². The van der Waals surface area contributed by atoms with Crippen molar-refractivity contribution in [3.63, 3.8) is 0 Å². The molecule has 1 aromatic heterocycles. The highest BCUT2D eigenvalue weighted by Crippen LogP contribution is 2.21. The van der Waals surface area contributed by atoms with Crippen molar-refractivity contribution in [1.82, 2.24) is 9.97 Å². The molecule has 7 nitrogen and oxygen atoms in total. The summed E-state index contributed by atoms with van der Waals surface area (Å²) in [5.74, 6) is 1.86. The lowest BCUT2D eigenvalue weighted by atomic mass is 10.2. The monoisotopic (exact) mass is 396 g/mol. The number of nitrogens with two attached hydrogens (primary N) is 1. The van der Waals surface area contributed by atoms with Crippen molar-refractivity contribution in [1.29, 1.82) is 0 Å². The first-order valence-electron chi connectivity index (χ1n) is 8.62. The summed E-state index contributed by atoms with van der Waals surface area (Å²) in [7, 11) is 1.61. The Balaban J connectivity index is 1.69. The molecule has 0 aliphatic heterocycles. The lowest BCUT2D eigenvalue weighted by molar-refractivity contribution is -0.365. The first kappa shape index (κ1) is 19.5. The molecule has 3 rings (SSSR count). The van der Waals surface area contributed by atoms with Crippen LogP contribution in [-0.2, 0) is 5.75 Å². The summed E-state index contributed by atoms with van der Waals surface area (Å²) in [6, 6.07) is 17.0. The smallest absolute Gasteiger partial charge is 0.325 e. The summed E-state index contributed by atoms with van der Waals surface area (Å²) in [5.41, 5.74) is 8.39. The first-order chi connectivity index (χ1) is 13.5. The highest BCUT2D eigenvalue weighted by molar-refractivity contribution is 7.98. The molecule has 0 amide bonds. The van der Waals surface area contributed by atoms with Gasteiger partial charge >= 0.3 is 5.95 Å². The zero-order valence-corrected chi connectivity index (χ0v) is 16.5. The molecule has 0 saturated heterocycles. The Kier molecular flexibility index (Phi) is 6.33. The maximum atomic E-state index is 11.9. The van der Waals surface area contributed by atoms with Gasteiger partial charge in [0.1, 0.15) is 11.4 Å².